The van der Waals surface area contributed by atoms with Gasteiger partial charge in [0.2, 0.25) is 10.0 Å². The topological polar surface area (TPSA) is 75.7 Å². The quantitative estimate of drug-likeness (QED) is 0.780. The largest absolute Gasteiger partial charge is 0.491 e. The van der Waals surface area contributed by atoms with Crippen LogP contribution in [-0.4, -0.2) is 46.5 Å². The molecule has 0 atom stereocenters. The SMILES string of the molecule is CNS(=O)(=O)c1ccc(Cl)c(C(=O)N(C)CCOc2ccccc2C)c1. The van der Waals surface area contributed by atoms with Crippen LogP contribution in [0.1, 0.15) is 15.9 Å². The van der Waals surface area contributed by atoms with E-state index in [1.807, 2.05) is 31.2 Å². The zero-order chi connectivity index (χ0) is 19.3. The number of sulfonamides is 1. The summed E-state index contributed by atoms with van der Waals surface area (Å²) in [4.78, 5) is 14.0. The van der Waals surface area contributed by atoms with Crippen molar-refractivity contribution in [3.63, 3.8) is 0 Å². The highest BCUT2D eigenvalue weighted by Crippen LogP contribution is 2.22. The molecule has 1 amide bonds. The average molecular weight is 397 g/mol. The molecule has 2 aromatic carbocycles. The molecule has 6 nitrogen and oxygen atoms in total. The van der Waals surface area contributed by atoms with Crippen molar-refractivity contribution in [2.75, 3.05) is 27.2 Å². The molecule has 1 N–H and O–H groups in total. The Bertz CT molecular complexity index is 900. The minimum atomic E-state index is -3.66. The van der Waals surface area contributed by atoms with Crippen LogP contribution >= 0.6 is 11.6 Å². The average Bonchev–Trinajstić information content (AvgIpc) is 2.62. The molecule has 26 heavy (non-hydrogen) atoms. The summed E-state index contributed by atoms with van der Waals surface area (Å²) >= 11 is 6.09. The molecule has 0 radical (unpaired) electrons. The van der Waals surface area contributed by atoms with Crippen molar-refractivity contribution in [3.8, 4) is 5.75 Å². The Kier molecular flexibility index (Phi) is 6.63. The third-order valence-electron chi connectivity index (χ3n) is 3.87. The Morgan fingerprint density at radius 2 is 1.92 bits per heavy atom. The van der Waals surface area contributed by atoms with Gasteiger partial charge in [-0.3, -0.25) is 4.79 Å². The van der Waals surface area contributed by atoms with E-state index in [0.29, 0.717) is 13.2 Å². The molecule has 0 aliphatic rings. The molecule has 0 fully saturated rings. The fourth-order valence-corrected chi connectivity index (χ4v) is 3.23. The third kappa shape index (κ3) is 4.75. The zero-order valence-corrected chi connectivity index (χ0v) is 16.4. The van der Waals surface area contributed by atoms with Gasteiger partial charge in [-0.15, -0.1) is 0 Å². The van der Waals surface area contributed by atoms with Crippen molar-refractivity contribution in [2.45, 2.75) is 11.8 Å². The van der Waals surface area contributed by atoms with E-state index in [4.69, 9.17) is 16.3 Å². The second-order valence-corrected chi connectivity index (χ2v) is 7.98. The van der Waals surface area contributed by atoms with Gasteiger partial charge < -0.3 is 9.64 Å². The highest BCUT2D eigenvalue weighted by molar-refractivity contribution is 7.89. The van der Waals surface area contributed by atoms with E-state index in [1.54, 1.807) is 7.05 Å². The van der Waals surface area contributed by atoms with Crippen molar-refractivity contribution in [1.82, 2.24) is 9.62 Å². The van der Waals surface area contributed by atoms with E-state index < -0.39 is 10.0 Å². The number of benzene rings is 2. The predicted octanol–water partition coefficient (Wildman–Crippen LogP) is 2.71. The number of halogens is 1. The maximum Gasteiger partial charge on any atom is 0.255 e. The lowest BCUT2D eigenvalue weighted by molar-refractivity contribution is 0.0773. The Morgan fingerprint density at radius 1 is 1.23 bits per heavy atom. The second kappa shape index (κ2) is 8.53. The number of amides is 1. The van der Waals surface area contributed by atoms with Gasteiger partial charge in [0.15, 0.2) is 0 Å². The van der Waals surface area contributed by atoms with Gasteiger partial charge in [0.1, 0.15) is 12.4 Å². The number of nitrogens with zero attached hydrogens (tertiary/aromatic N) is 1. The summed E-state index contributed by atoms with van der Waals surface area (Å²) in [5.74, 6) is 0.380. The zero-order valence-electron chi connectivity index (χ0n) is 14.8. The molecule has 0 saturated heterocycles. The summed E-state index contributed by atoms with van der Waals surface area (Å²) in [5, 5.41) is 0.191. The standard InChI is InChI=1S/C18H21ClN2O4S/c1-13-6-4-5-7-17(13)25-11-10-21(3)18(22)15-12-14(8-9-16(15)19)26(23,24)20-2/h4-9,12,20H,10-11H2,1-3H3. The molecule has 2 rings (SSSR count). The van der Waals surface area contributed by atoms with E-state index in [2.05, 4.69) is 4.72 Å². The number of carbonyl (C=O) groups excluding carboxylic acids is 1. The molecule has 140 valence electrons. The minimum Gasteiger partial charge on any atom is -0.491 e. The van der Waals surface area contributed by atoms with Gasteiger partial charge in [0.25, 0.3) is 5.91 Å². The number of ether oxygens (including phenoxy) is 1. The Labute approximate surface area is 158 Å². The summed E-state index contributed by atoms with van der Waals surface area (Å²) in [5.41, 5.74) is 1.14. The lowest BCUT2D eigenvalue weighted by Gasteiger charge is -2.19. The van der Waals surface area contributed by atoms with Crippen LogP contribution in [0.3, 0.4) is 0 Å². The number of aryl methyl sites for hydroxylation is 1. The predicted molar refractivity (Wildman–Crippen MR) is 101 cm³/mol. The van der Waals surface area contributed by atoms with E-state index in [-0.39, 0.29) is 21.4 Å². The van der Waals surface area contributed by atoms with Gasteiger partial charge in [-0.1, -0.05) is 29.8 Å². The lowest BCUT2D eigenvalue weighted by Crippen LogP contribution is -2.31. The van der Waals surface area contributed by atoms with Gasteiger partial charge in [0.05, 0.1) is 22.0 Å². The summed E-state index contributed by atoms with van der Waals surface area (Å²) in [7, 11) is -0.742. The van der Waals surface area contributed by atoms with Gasteiger partial charge in [-0.25, -0.2) is 13.1 Å². The number of carbonyl (C=O) groups is 1. The normalized spacial score (nSPS) is 11.2. The van der Waals surface area contributed by atoms with E-state index in [0.717, 1.165) is 11.3 Å². The van der Waals surface area contributed by atoms with Crippen molar-refractivity contribution in [2.24, 2.45) is 0 Å². The number of likely N-dealkylation sites (N-methyl/N-ethyl adjacent to an activating group) is 1. The number of hydrogen-bond donors (Lipinski definition) is 1. The van der Waals surface area contributed by atoms with Crippen molar-refractivity contribution < 1.29 is 17.9 Å². The smallest absolute Gasteiger partial charge is 0.255 e. The second-order valence-electron chi connectivity index (χ2n) is 5.69. The van der Waals surface area contributed by atoms with Crippen LogP contribution in [0.5, 0.6) is 5.75 Å². The summed E-state index contributed by atoms with van der Waals surface area (Å²) in [6.45, 7) is 2.57. The highest BCUT2D eigenvalue weighted by Gasteiger charge is 2.20. The first-order valence-electron chi connectivity index (χ1n) is 7.93. The van der Waals surface area contributed by atoms with Gasteiger partial charge in [0, 0.05) is 7.05 Å². The molecule has 0 aliphatic carbocycles. The maximum atomic E-state index is 12.6. The molecular formula is C18H21ClN2O4S. The van der Waals surface area contributed by atoms with Crippen molar-refractivity contribution >= 4 is 27.5 Å². The van der Waals surface area contributed by atoms with Crippen molar-refractivity contribution in [3.05, 3.63) is 58.6 Å². The molecule has 0 spiro atoms. The van der Waals surface area contributed by atoms with Crippen LogP contribution in [0.25, 0.3) is 0 Å². The van der Waals surface area contributed by atoms with Crippen molar-refractivity contribution in [1.29, 1.82) is 0 Å². The number of hydrogen-bond acceptors (Lipinski definition) is 4. The summed E-state index contributed by atoms with van der Waals surface area (Å²) < 4.78 is 31.7. The number of nitrogens with one attached hydrogen (secondary N) is 1. The maximum absolute atomic E-state index is 12.6. The third-order valence-corrected chi connectivity index (χ3v) is 5.61. The van der Waals surface area contributed by atoms with Crippen LogP contribution in [0.4, 0.5) is 0 Å². The van der Waals surface area contributed by atoms with Crippen LogP contribution < -0.4 is 9.46 Å². The Hall–Kier alpha value is -2.09. The molecule has 2 aromatic rings. The fraction of sp³-hybridized carbons (Fsp3) is 0.278. The van der Waals surface area contributed by atoms with Crippen LogP contribution in [0.15, 0.2) is 47.4 Å². The summed E-state index contributed by atoms with van der Waals surface area (Å²) in [6, 6.07) is 11.6. The fourth-order valence-electron chi connectivity index (χ4n) is 2.27. The molecule has 0 aliphatic heterocycles. The van der Waals surface area contributed by atoms with E-state index >= 15 is 0 Å². The first-order chi connectivity index (χ1) is 12.3. The van der Waals surface area contributed by atoms with Crippen LogP contribution in [0, 0.1) is 6.92 Å². The van der Waals surface area contributed by atoms with Gasteiger partial charge in [-0.05, 0) is 43.8 Å². The highest BCUT2D eigenvalue weighted by atomic mass is 35.5. The molecule has 0 heterocycles. The first kappa shape index (κ1) is 20.2. The molecular weight excluding hydrogens is 376 g/mol. The molecule has 0 saturated carbocycles. The molecule has 0 bridgehead atoms. The molecule has 0 aromatic heterocycles. The van der Waals surface area contributed by atoms with E-state index in [9.17, 15) is 13.2 Å². The number of rotatable bonds is 7. The molecule has 0 unspecified atom stereocenters. The number of para-hydroxylation sites is 1. The van der Waals surface area contributed by atoms with Crippen LogP contribution in [-0.2, 0) is 10.0 Å². The lowest BCUT2D eigenvalue weighted by atomic mass is 10.2. The monoisotopic (exact) mass is 396 g/mol. The minimum absolute atomic E-state index is 0.0164. The summed E-state index contributed by atoms with van der Waals surface area (Å²) in [6.07, 6.45) is 0. The van der Waals surface area contributed by atoms with Gasteiger partial charge >= 0.3 is 0 Å². The molecule has 8 heteroatoms. The van der Waals surface area contributed by atoms with Crippen LogP contribution in [0.2, 0.25) is 5.02 Å². The first-order valence-corrected chi connectivity index (χ1v) is 9.79. The van der Waals surface area contributed by atoms with E-state index in [1.165, 1.54) is 30.1 Å². The Balaban J connectivity index is 2.08. The Morgan fingerprint density at radius 3 is 2.58 bits per heavy atom. The van der Waals surface area contributed by atoms with Gasteiger partial charge in [-0.2, -0.15) is 0 Å².